The van der Waals surface area contributed by atoms with E-state index < -0.39 is 48.0 Å². The molecule has 1 N–H and O–H groups in total. The van der Waals surface area contributed by atoms with Crippen molar-refractivity contribution in [3.63, 3.8) is 0 Å². The number of carbonyl (C=O) groups is 1. The van der Waals surface area contributed by atoms with Crippen molar-refractivity contribution in [3.05, 3.63) is 71.3 Å². The number of alkyl halides is 3. The summed E-state index contributed by atoms with van der Waals surface area (Å²) in [6.07, 6.45) is -3.07. The van der Waals surface area contributed by atoms with Crippen LogP contribution < -0.4 is 5.32 Å². The third-order valence-electron chi connectivity index (χ3n) is 3.73. The molecule has 3 rings (SSSR count). The Bertz CT molecular complexity index is 1030. The average molecular weight is 398 g/mol. The summed E-state index contributed by atoms with van der Waals surface area (Å²) in [6.45, 7) is -1.29. The monoisotopic (exact) mass is 398 g/mol. The Hall–Kier alpha value is -3.30. The number of hydrogen-bond acceptors (Lipinski definition) is 2. The topological polar surface area (TPSA) is 46.9 Å². The minimum Gasteiger partial charge on any atom is -0.305 e. The molecule has 0 fully saturated rings. The minimum absolute atomic E-state index is 0.0146. The number of rotatable bonds is 4. The molecular formula is C18H10F6N3O. The van der Waals surface area contributed by atoms with Gasteiger partial charge in [-0.1, -0.05) is 18.2 Å². The quantitative estimate of drug-likeness (QED) is 0.482. The standard InChI is InChI=1S/C18H10F6N3O/c19-8-9-5-16(17(23)24)26-27(9)18(28)25-15-4-2-1-3-10(15)11-6-13(21)14(22)7-12(11)20/h1-4,6-7,17H,8H2,(H,25,28). The number of para-hydroxylation sites is 1. The fourth-order valence-corrected chi connectivity index (χ4v) is 2.47. The van der Waals surface area contributed by atoms with E-state index >= 15 is 0 Å². The highest BCUT2D eigenvalue weighted by molar-refractivity contribution is 5.95. The first-order valence-corrected chi connectivity index (χ1v) is 7.72. The van der Waals surface area contributed by atoms with Crippen molar-refractivity contribution < 1.29 is 31.1 Å². The van der Waals surface area contributed by atoms with Gasteiger partial charge in [-0.15, -0.1) is 0 Å². The molecule has 1 amide bonds. The predicted octanol–water partition coefficient (Wildman–Crippen LogP) is 5.25. The highest BCUT2D eigenvalue weighted by Crippen LogP contribution is 2.31. The molecule has 2 aromatic carbocycles. The summed E-state index contributed by atoms with van der Waals surface area (Å²) in [6, 6.07) is 7.36. The molecule has 1 heterocycles. The summed E-state index contributed by atoms with van der Waals surface area (Å²) in [7, 11) is 0. The molecule has 1 aromatic heterocycles. The number of anilines is 1. The van der Waals surface area contributed by atoms with Gasteiger partial charge in [-0.05, 0) is 12.1 Å². The molecule has 1 radical (unpaired) electrons. The summed E-state index contributed by atoms with van der Waals surface area (Å²) in [5.41, 5.74) is -1.87. The molecular weight excluding hydrogens is 388 g/mol. The largest absolute Gasteiger partial charge is 0.346 e. The smallest absolute Gasteiger partial charge is 0.305 e. The van der Waals surface area contributed by atoms with Crippen LogP contribution in [0.3, 0.4) is 0 Å². The summed E-state index contributed by atoms with van der Waals surface area (Å²) in [5, 5.41) is 5.56. The van der Waals surface area contributed by atoms with Crippen LogP contribution in [0.5, 0.6) is 0 Å². The van der Waals surface area contributed by atoms with Crippen molar-refractivity contribution in [2.45, 2.75) is 13.1 Å². The molecule has 3 aromatic rings. The lowest BCUT2D eigenvalue weighted by Crippen LogP contribution is -2.23. The number of benzene rings is 2. The molecule has 0 saturated carbocycles. The number of aromatic nitrogens is 2. The van der Waals surface area contributed by atoms with E-state index in [0.29, 0.717) is 16.8 Å². The van der Waals surface area contributed by atoms with E-state index in [0.717, 1.165) is 0 Å². The van der Waals surface area contributed by atoms with Gasteiger partial charge in [0.15, 0.2) is 11.6 Å². The number of amides is 1. The zero-order valence-corrected chi connectivity index (χ0v) is 13.8. The Balaban J connectivity index is 1.99. The Kier molecular flexibility index (Phi) is 5.39. The lowest BCUT2D eigenvalue weighted by molar-refractivity contribution is 0.145. The van der Waals surface area contributed by atoms with Gasteiger partial charge in [-0.3, -0.25) is 0 Å². The first kappa shape index (κ1) is 19.5. The zero-order valence-electron chi connectivity index (χ0n) is 13.8. The number of nitrogens with zero attached hydrogens (tertiary/aromatic N) is 2. The molecule has 0 bridgehead atoms. The van der Waals surface area contributed by atoms with Gasteiger partial charge in [0, 0.05) is 23.3 Å². The zero-order chi connectivity index (χ0) is 20.4. The number of hydrogen-bond donors (Lipinski definition) is 1. The van der Waals surface area contributed by atoms with Crippen LogP contribution in [0.4, 0.5) is 36.8 Å². The van der Waals surface area contributed by atoms with Crippen molar-refractivity contribution in [2.24, 2.45) is 0 Å². The first-order valence-electron chi connectivity index (χ1n) is 7.72. The van der Waals surface area contributed by atoms with Gasteiger partial charge in [-0.25, -0.2) is 31.1 Å². The van der Waals surface area contributed by atoms with Crippen LogP contribution in [0.1, 0.15) is 17.8 Å². The summed E-state index contributed by atoms with van der Waals surface area (Å²) >= 11 is 0. The molecule has 0 aliphatic rings. The summed E-state index contributed by atoms with van der Waals surface area (Å²) < 4.78 is 79.6. The highest BCUT2D eigenvalue weighted by Gasteiger charge is 2.21. The maximum atomic E-state index is 14.1. The summed E-state index contributed by atoms with van der Waals surface area (Å²) in [5.74, 6) is -3.78. The second-order valence-electron chi connectivity index (χ2n) is 5.52. The van der Waals surface area contributed by atoms with Crippen molar-refractivity contribution in [2.75, 3.05) is 5.32 Å². The van der Waals surface area contributed by atoms with E-state index in [9.17, 15) is 31.1 Å². The Morgan fingerprint density at radius 2 is 1.75 bits per heavy atom. The van der Waals surface area contributed by atoms with Gasteiger partial charge in [0.1, 0.15) is 18.2 Å². The molecule has 0 saturated heterocycles. The van der Waals surface area contributed by atoms with E-state index in [-0.39, 0.29) is 16.8 Å². The number of halogens is 6. The second-order valence-corrected chi connectivity index (χ2v) is 5.52. The van der Waals surface area contributed by atoms with Crippen LogP contribution in [0.25, 0.3) is 11.1 Å². The fourth-order valence-electron chi connectivity index (χ4n) is 2.47. The maximum Gasteiger partial charge on any atom is 0.346 e. The van der Waals surface area contributed by atoms with Gasteiger partial charge >= 0.3 is 6.03 Å². The van der Waals surface area contributed by atoms with Crippen molar-refractivity contribution in [3.8, 4) is 11.1 Å². The Labute approximate surface area is 154 Å². The van der Waals surface area contributed by atoms with E-state index in [2.05, 4.69) is 10.4 Å². The first-order chi connectivity index (χ1) is 13.3. The van der Waals surface area contributed by atoms with Crippen molar-refractivity contribution >= 4 is 11.7 Å². The summed E-state index contributed by atoms with van der Waals surface area (Å²) in [4.78, 5) is 12.3. The molecule has 28 heavy (non-hydrogen) atoms. The van der Waals surface area contributed by atoms with Crippen LogP contribution in [0.2, 0.25) is 0 Å². The molecule has 4 nitrogen and oxygen atoms in total. The maximum absolute atomic E-state index is 14.1. The van der Waals surface area contributed by atoms with Crippen LogP contribution in [-0.4, -0.2) is 15.8 Å². The van der Waals surface area contributed by atoms with Gasteiger partial charge in [0.25, 0.3) is 6.43 Å². The molecule has 10 heteroatoms. The van der Waals surface area contributed by atoms with E-state index in [1.165, 1.54) is 24.3 Å². The Morgan fingerprint density at radius 1 is 1.07 bits per heavy atom. The van der Waals surface area contributed by atoms with Crippen LogP contribution in [-0.2, 0) is 6.67 Å². The SMILES string of the molecule is O=C(Nc1ccccc1-c1cc(F)c(F)cc1F)n1nc(C(F)F)[c]c1CF. The Morgan fingerprint density at radius 3 is 2.43 bits per heavy atom. The second kappa shape index (κ2) is 7.75. The van der Waals surface area contributed by atoms with E-state index in [4.69, 9.17) is 0 Å². The van der Waals surface area contributed by atoms with Gasteiger partial charge < -0.3 is 5.32 Å². The van der Waals surface area contributed by atoms with Gasteiger partial charge in [-0.2, -0.15) is 9.78 Å². The van der Waals surface area contributed by atoms with Gasteiger partial charge in [0.2, 0.25) is 0 Å². The molecule has 0 unspecified atom stereocenters. The van der Waals surface area contributed by atoms with Crippen LogP contribution >= 0.6 is 0 Å². The molecule has 0 aliphatic heterocycles. The molecule has 0 spiro atoms. The molecule has 0 aliphatic carbocycles. The third kappa shape index (κ3) is 3.71. The van der Waals surface area contributed by atoms with E-state index in [1.807, 2.05) is 6.07 Å². The van der Waals surface area contributed by atoms with Crippen molar-refractivity contribution in [1.29, 1.82) is 0 Å². The average Bonchev–Trinajstić information content (AvgIpc) is 3.10. The van der Waals surface area contributed by atoms with Gasteiger partial charge in [0.05, 0.1) is 11.4 Å². The lowest BCUT2D eigenvalue weighted by Gasteiger charge is -2.13. The number of carbonyl (C=O) groups excluding carboxylic acids is 1. The highest BCUT2D eigenvalue weighted by atomic mass is 19.3. The molecule has 0 atom stereocenters. The van der Waals surface area contributed by atoms with E-state index in [1.54, 1.807) is 0 Å². The number of nitrogens with one attached hydrogen (secondary N) is 1. The van der Waals surface area contributed by atoms with Crippen LogP contribution in [0.15, 0.2) is 36.4 Å². The van der Waals surface area contributed by atoms with Crippen molar-refractivity contribution in [1.82, 2.24) is 9.78 Å². The van der Waals surface area contributed by atoms with Crippen LogP contribution in [0, 0.1) is 23.5 Å². The predicted molar refractivity (Wildman–Crippen MR) is 87.0 cm³/mol. The fraction of sp³-hybridized carbons (Fsp3) is 0.111. The third-order valence-corrected chi connectivity index (χ3v) is 3.73. The minimum atomic E-state index is -3.07. The normalized spacial score (nSPS) is 11.1. The molecule has 145 valence electrons. The lowest BCUT2D eigenvalue weighted by atomic mass is 10.0.